The van der Waals surface area contributed by atoms with Gasteiger partial charge in [0.1, 0.15) is 10.8 Å². The van der Waals surface area contributed by atoms with Crippen LogP contribution in [-0.2, 0) is 13.0 Å². The summed E-state index contributed by atoms with van der Waals surface area (Å²) < 4.78 is 7.09. The summed E-state index contributed by atoms with van der Waals surface area (Å²) in [6.07, 6.45) is 7.23. The van der Waals surface area contributed by atoms with E-state index in [9.17, 15) is 4.79 Å². The van der Waals surface area contributed by atoms with Crippen molar-refractivity contribution in [3.05, 3.63) is 51.3 Å². The minimum atomic E-state index is -0.0969. The topological polar surface area (TPSA) is 63.6 Å². The summed E-state index contributed by atoms with van der Waals surface area (Å²) in [7, 11) is 0. The highest BCUT2D eigenvalue weighted by Crippen LogP contribution is 2.31. The van der Waals surface area contributed by atoms with Crippen LogP contribution in [0.5, 0.6) is 0 Å². The van der Waals surface area contributed by atoms with Crippen LogP contribution in [0.25, 0.3) is 4.96 Å². The predicted octanol–water partition coefficient (Wildman–Crippen LogP) is 3.42. The number of fused-ring (bicyclic) bond motifs is 1. The van der Waals surface area contributed by atoms with Gasteiger partial charge in [0.2, 0.25) is 4.96 Å². The van der Waals surface area contributed by atoms with E-state index in [2.05, 4.69) is 10.00 Å². The number of hydrogen-bond donors (Lipinski definition) is 0. The van der Waals surface area contributed by atoms with Crippen LogP contribution in [0.15, 0.2) is 33.7 Å². The van der Waals surface area contributed by atoms with E-state index in [4.69, 9.17) is 9.40 Å². The molecule has 1 atom stereocenters. The first-order chi connectivity index (χ1) is 12.2. The van der Waals surface area contributed by atoms with Crippen molar-refractivity contribution in [1.29, 1.82) is 0 Å². The Morgan fingerprint density at radius 2 is 2.28 bits per heavy atom. The monoisotopic (exact) mass is 358 g/mol. The predicted molar refractivity (Wildman–Crippen MR) is 96.8 cm³/mol. The van der Waals surface area contributed by atoms with Gasteiger partial charge in [-0.05, 0) is 37.9 Å². The van der Waals surface area contributed by atoms with Crippen LogP contribution >= 0.6 is 11.3 Å². The average Bonchev–Trinajstić information content (AvgIpc) is 3.22. The van der Waals surface area contributed by atoms with E-state index in [0.29, 0.717) is 11.5 Å². The lowest BCUT2D eigenvalue weighted by Crippen LogP contribution is -2.29. The zero-order chi connectivity index (χ0) is 17.2. The first-order valence-corrected chi connectivity index (χ1v) is 9.72. The normalized spacial score (nSPS) is 19.3. The second-order valence-corrected chi connectivity index (χ2v) is 7.52. The van der Waals surface area contributed by atoms with Crippen molar-refractivity contribution in [3.63, 3.8) is 0 Å². The van der Waals surface area contributed by atoms with Crippen molar-refractivity contribution in [2.75, 3.05) is 6.54 Å². The van der Waals surface area contributed by atoms with Crippen LogP contribution in [0.1, 0.15) is 55.1 Å². The van der Waals surface area contributed by atoms with E-state index in [1.165, 1.54) is 35.1 Å². The molecular formula is C18H22N4O2S. The summed E-state index contributed by atoms with van der Waals surface area (Å²) in [6.45, 7) is 3.70. The number of aryl methyl sites for hydroxylation is 1. The fourth-order valence-electron chi connectivity index (χ4n) is 3.49. The lowest BCUT2D eigenvalue weighted by Gasteiger charge is -2.28. The van der Waals surface area contributed by atoms with Crippen molar-refractivity contribution < 1.29 is 4.42 Å². The maximum atomic E-state index is 12.4. The summed E-state index contributed by atoms with van der Waals surface area (Å²) in [4.78, 5) is 20.1. The molecule has 0 spiro atoms. The molecule has 0 aromatic carbocycles. The molecule has 4 heterocycles. The lowest BCUT2D eigenvalue weighted by molar-refractivity contribution is 0.167. The molecule has 25 heavy (non-hydrogen) atoms. The minimum absolute atomic E-state index is 0.0969. The SMILES string of the molecule is CCc1nn2c(=O)cc(CN3CCCCC[C@@H]3c3ccco3)nc2s1. The third-order valence-corrected chi connectivity index (χ3v) is 5.80. The van der Waals surface area contributed by atoms with Crippen molar-refractivity contribution in [1.82, 2.24) is 19.5 Å². The van der Waals surface area contributed by atoms with Crippen molar-refractivity contribution >= 4 is 16.3 Å². The quantitative estimate of drug-likeness (QED) is 0.715. The molecule has 1 aliphatic rings. The number of hydrogen-bond acceptors (Lipinski definition) is 6. The van der Waals surface area contributed by atoms with E-state index < -0.39 is 0 Å². The first-order valence-electron chi connectivity index (χ1n) is 8.90. The summed E-state index contributed by atoms with van der Waals surface area (Å²) in [5.74, 6) is 1.01. The van der Waals surface area contributed by atoms with Gasteiger partial charge in [0.15, 0.2) is 0 Å². The Balaban J connectivity index is 1.64. The highest BCUT2D eigenvalue weighted by Gasteiger charge is 2.25. The summed E-state index contributed by atoms with van der Waals surface area (Å²) in [6, 6.07) is 5.87. The maximum Gasteiger partial charge on any atom is 0.275 e. The molecule has 0 bridgehead atoms. The largest absolute Gasteiger partial charge is 0.468 e. The third kappa shape index (κ3) is 3.39. The van der Waals surface area contributed by atoms with Gasteiger partial charge in [-0.3, -0.25) is 9.69 Å². The molecule has 132 valence electrons. The molecule has 1 fully saturated rings. The fraction of sp³-hybridized carbons (Fsp3) is 0.500. The molecule has 0 saturated carbocycles. The molecule has 6 nitrogen and oxygen atoms in total. The van der Waals surface area contributed by atoms with Crippen LogP contribution in [0.4, 0.5) is 0 Å². The van der Waals surface area contributed by atoms with Crippen molar-refractivity contribution in [2.24, 2.45) is 0 Å². The van der Waals surface area contributed by atoms with Crippen molar-refractivity contribution in [3.8, 4) is 0 Å². The maximum absolute atomic E-state index is 12.4. The molecule has 1 saturated heterocycles. The highest BCUT2D eigenvalue weighted by molar-refractivity contribution is 7.16. The van der Waals surface area contributed by atoms with Crippen LogP contribution in [0.3, 0.4) is 0 Å². The zero-order valence-corrected chi connectivity index (χ0v) is 15.2. The van der Waals surface area contributed by atoms with Gasteiger partial charge in [0.05, 0.1) is 18.0 Å². The molecule has 0 unspecified atom stereocenters. The molecule has 0 N–H and O–H groups in total. The van der Waals surface area contributed by atoms with Crippen molar-refractivity contribution in [2.45, 2.75) is 51.6 Å². The Morgan fingerprint density at radius 3 is 3.08 bits per heavy atom. The van der Waals surface area contributed by atoms with Gasteiger partial charge >= 0.3 is 0 Å². The van der Waals surface area contributed by atoms with Gasteiger partial charge in [0, 0.05) is 12.6 Å². The molecule has 3 aromatic rings. The molecule has 0 aliphatic carbocycles. The van der Waals surface area contributed by atoms with Crippen LogP contribution in [0.2, 0.25) is 0 Å². The third-order valence-electron chi connectivity index (χ3n) is 4.74. The Bertz CT molecular complexity index is 900. The van der Waals surface area contributed by atoms with Gasteiger partial charge in [-0.25, -0.2) is 4.98 Å². The number of rotatable bonds is 4. The van der Waals surface area contributed by atoms with E-state index in [-0.39, 0.29) is 11.6 Å². The Morgan fingerprint density at radius 1 is 1.36 bits per heavy atom. The fourth-order valence-corrected chi connectivity index (χ4v) is 4.35. The Hall–Kier alpha value is -1.99. The van der Waals surface area contributed by atoms with Gasteiger partial charge in [-0.2, -0.15) is 9.61 Å². The van der Waals surface area contributed by atoms with E-state index in [1.807, 2.05) is 19.1 Å². The minimum Gasteiger partial charge on any atom is -0.468 e. The zero-order valence-electron chi connectivity index (χ0n) is 14.4. The van der Waals surface area contributed by atoms with Gasteiger partial charge in [-0.1, -0.05) is 31.1 Å². The highest BCUT2D eigenvalue weighted by atomic mass is 32.1. The number of furan rings is 1. The summed E-state index contributed by atoms with van der Waals surface area (Å²) in [5, 5.41) is 5.26. The Labute approximate surface area is 150 Å². The smallest absolute Gasteiger partial charge is 0.275 e. The molecule has 0 radical (unpaired) electrons. The molecule has 1 aliphatic heterocycles. The lowest BCUT2D eigenvalue weighted by atomic mass is 10.1. The summed E-state index contributed by atoms with van der Waals surface area (Å²) in [5.41, 5.74) is 0.718. The van der Waals surface area contributed by atoms with E-state index >= 15 is 0 Å². The Kier molecular flexibility index (Phi) is 4.67. The molecular weight excluding hydrogens is 336 g/mol. The first kappa shape index (κ1) is 16.5. The number of nitrogens with zero attached hydrogens (tertiary/aromatic N) is 4. The van der Waals surface area contributed by atoms with Crippen LogP contribution in [0, 0.1) is 0 Å². The standard InChI is InChI=1S/C18H22N4O2S/c1-2-16-20-22-17(23)11-13(19-18(22)25-16)12-21-9-5-3-4-7-14(21)15-8-6-10-24-15/h6,8,10-11,14H,2-5,7,9,12H2,1H3/t14-/m1/s1. The molecule has 0 amide bonds. The second kappa shape index (κ2) is 7.09. The number of aromatic nitrogens is 3. The molecule has 7 heteroatoms. The van der Waals surface area contributed by atoms with Gasteiger partial charge in [-0.15, -0.1) is 0 Å². The molecule has 3 aromatic heterocycles. The average molecular weight is 358 g/mol. The van der Waals surface area contributed by atoms with Crippen LogP contribution in [-0.4, -0.2) is 26.0 Å². The van der Waals surface area contributed by atoms with E-state index in [0.717, 1.165) is 35.8 Å². The summed E-state index contributed by atoms with van der Waals surface area (Å²) >= 11 is 1.49. The van der Waals surface area contributed by atoms with Gasteiger partial charge in [0.25, 0.3) is 5.56 Å². The molecule has 4 rings (SSSR count). The number of likely N-dealkylation sites (tertiary alicyclic amines) is 1. The van der Waals surface area contributed by atoms with Gasteiger partial charge < -0.3 is 4.42 Å². The second-order valence-electron chi connectivity index (χ2n) is 6.48. The van der Waals surface area contributed by atoms with E-state index in [1.54, 1.807) is 12.3 Å². The van der Waals surface area contributed by atoms with Crippen LogP contribution < -0.4 is 5.56 Å².